The third-order valence-electron chi connectivity index (χ3n) is 1.96. The van der Waals surface area contributed by atoms with E-state index in [1.807, 2.05) is 24.3 Å². The number of rotatable bonds is 4. The van der Waals surface area contributed by atoms with Gasteiger partial charge in [-0.2, -0.15) is 0 Å². The topological polar surface area (TPSA) is 38.1 Å². The largest absolute Gasteiger partial charge is 0.360 e. The maximum Gasteiger partial charge on any atom is 0.150 e. The number of aromatic nitrogens is 1. The van der Waals surface area contributed by atoms with Crippen LogP contribution in [0.1, 0.15) is 11.3 Å². The van der Waals surface area contributed by atoms with Crippen LogP contribution in [0.3, 0.4) is 0 Å². The molecule has 1 aromatic carbocycles. The van der Waals surface area contributed by atoms with Crippen LogP contribution in [0.15, 0.2) is 47.1 Å². The highest BCUT2D eigenvalue weighted by atomic mass is 16.5. The van der Waals surface area contributed by atoms with Gasteiger partial charge in [-0.3, -0.25) is 0 Å². The Bertz CT molecular complexity index is 356. The normalized spacial score (nSPS) is 10.3. The molecule has 0 bridgehead atoms. The lowest BCUT2D eigenvalue weighted by atomic mass is 10.2. The quantitative estimate of drug-likeness (QED) is 0.797. The van der Waals surface area contributed by atoms with Gasteiger partial charge < -0.3 is 9.84 Å². The number of nitrogens with one attached hydrogen (secondary N) is 1. The molecule has 0 aliphatic carbocycles. The lowest BCUT2D eigenvalue weighted by Crippen LogP contribution is -2.11. The van der Waals surface area contributed by atoms with Gasteiger partial charge in [0.2, 0.25) is 0 Å². The molecule has 0 saturated heterocycles. The molecule has 1 heterocycles. The van der Waals surface area contributed by atoms with Crippen molar-refractivity contribution in [2.75, 3.05) is 0 Å². The van der Waals surface area contributed by atoms with Gasteiger partial charge in [-0.1, -0.05) is 35.5 Å². The van der Waals surface area contributed by atoms with E-state index in [1.54, 1.807) is 6.20 Å². The Morgan fingerprint density at radius 3 is 2.64 bits per heavy atom. The molecule has 0 aliphatic heterocycles. The van der Waals surface area contributed by atoms with Crippen LogP contribution in [0.25, 0.3) is 0 Å². The van der Waals surface area contributed by atoms with E-state index in [9.17, 15) is 0 Å². The van der Waals surface area contributed by atoms with Crippen LogP contribution in [0.4, 0.5) is 0 Å². The fraction of sp³-hybridized carbons (Fsp3) is 0.182. The molecule has 1 aromatic heterocycles. The molecule has 0 saturated carbocycles. The number of hydrogen-bond acceptors (Lipinski definition) is 3. The van der Waals surface area contributed by atoms with E-state index < -0.39 is 0 Å². The van der Waals surface area contributed by atoms with Gasteiger partial charge in [0.05, 0.1) is 12.7 Å². The first-order valence-electron chi connectivity index (χ1n) is 4.59. The highest BCUT2D eigenvalue weighted by molar-refractivity contribution is 5.14. The van der Waals surface area contributed by atoms with Crippen LogP contribution in [0.2, 0.25) is 0 Å². The van der Waals surface area contributed by atoms with E-state index in [4.69, 9.17) is 4.52 Å². The molecule has 72 valence electrons. The SMILES string of the molecule is c1ccc(CNCc2ccno2)cc1. The molecular formula is C11H12N2O. The maximum absolute atomic E-state index is 4.96. The average Bonchev–Trinajstić information content (AvgIpc) is 2.72. The summed E-state index contributed by atoms with van der Waals surface area (Å²) in [7, 11) is 0. The Kier molecular flexibility index (Phi) is 2.93. The summed E-state index contributed by atoms with van der Waals surface area (Å²) >= 11 is 0. The first-order valence-corrected chi connectivity index (χ1v) is 4.59. The summed E-state index contributed by atoms with van der Waals surface area (Å²) in [6, 6.07) is 12.1. The summed E-state index contributed by atoms with van der Waals surface area (Å²) in [4.78, 5) is 0. The zero-order chi connectivity index (χ0) is 9.64. The van der Waals surface area contributed by atoms with Crippen molar-refractivity contribution in [2.24, 2.45) is 0 Å². The lowest BCUT2D eigenvalue weighted by Gasteiger charge is -2.01. The molecular weight excluding hydrogens is 176 g/mol. The van der Waals surface area contributed by atoms with Crippen molar-refractivity contribution >= 4 is 0 Å². The monoisotopic (exact) mass is 188 g/mol. The second kappa shape index (κ2) is 4.58. The van der Waals surface area contributed by atoms with E-state index in [2.05, 4.69) is 22.6 Å². The van der Waals surface area contributed by atoms with Gasteiger partial charge in [0.15, 0.2) is 0 Å². The summed E-state index contributed by atoms with van der Waals surface area (Å²) in [6.45, 7) is 1.57. The predicted octanol–water partition coefficient (Wildman–Crippen LogP) is 1.96. The van der Waals surface area contributed by atoms with Gasteiger partial charge in [0.1, 0.15) is 5.76 Å². The first-order chi connectivity index (χ1) is 6.95. The molecule has 0 atom stereocenters. The fourth-order valence-corrected chi connectivity index (χ4v) is 1.26. The molecule has 0 radical (unpaired) electrons. The summed E-state index contributed by atoms with van der Waals surface area (Å²) < 4.78 is 4.96. The molecule has 14 heavy (non-hydrogen) atoms. The smallest absolute Gasteiger partial charge is 0.150 e. The minimum atomic E-state index is 0.717. The summed E-state index contributed by atoms with van der Waals surface area (Å²) in [5.74, 6) is 0.862. The highest BCUT2D eigenvalue weighted by Crippen LogP contribution is 1.99. The number of benzene rings is 1. The third kappa shape index (κ3) is 2.44. The summed E-state index contributed by atoms with van der Waals surface area (Å²) in [6.07, 6.45) is 1.65. The number of nitrogens with zero attached hydrogens (tertiary/aromatic N) is 1. The maximum atomic E-state index is 4.96. The fourth-order valence-electron chi connectivity index (χ4n) is 1.26. The van der Waals surface area contributed by atoms with Crippen LogP contribution in [0.5, 0.6) is 0 Å². The molecule has 0 unspecified atom stereocenters. The van der Waals surface area contributed by atoms with E-state index >= 15 is 0 Å². The Labute approximate surface area is 82.7 Å². The molecule has 0 spiro atoms. The molecule has 2 aromatic rings. The van der Waals surface area contributed by atoms with Gasteiger partial charge in [-0.05, 0) is 5.56 Å². The molecule has 0 amide bonds. The van der Waals surface area contributed by atoms with Crippen molar-refractivity contribution in [1.82, 2.24) is 10.5 Å². The Hall–Kier alpha value is -1.61. The van der Waals surface area contributed by atoms with Crippen molar-refractivity contribution in [2.45, 2.75) is 13.1 Å². The van der Waals surface area contributed by atoms with Crippen molar-refractivity contribution < 1.29 is 4.52 Å². The van der Waals surface area contributed by atoms with Crippen molar-refractivity contribution in [1.29, 1.82) is 0 Å². The van der Waals surface area contributed by atoms with Gasteiger partial charge in [-0.15, -0.1) is 0 Å². The molecule has 2 rings (SSSR count). The Balaban J connectivity index is 1.79. The minimum absolute atomic E-state index is 0.717. The van der Waals surface area contributed by atoms with E-state index in [-0.39, 0.29) is 0 Å². The average molecular weight is 188 g/mol. The molecule has 0 fully saturated rings. The van der Waals surface area contributed by atoms with Gasteiger partial charge in [-0.25, -0.2) is 0 Å². The van der Waals surface area contributed by atoms with E-state index in [0.717, 1.165) is 18.8 Å². The van der Waals surface area contributed by atoms with Crippen LogP contribution < -0.4 is 5.32 Å². The van der Waals surface area contributed by atoms with Gasteiger partial charge in [0.25, 0.3) is 0 Å². The first kappa shape index (κ1) is 8.97. The third-order valence-corrected chi connectivity index (χ3v) is 1.96. The lowest BCUT2D eigenvalue weighted by molar-refractivity contribution is 0.373. The zero-order valence-corrected chi connectivity index (χ0v) is 7.81. The molecule has 0 aliphatic rings. The molecule has 3 nitrogen and oxygen atoms in total. The summed E-state index contributed by atoms with van der Waals surface area (Å²) in [5, 5.41) is 6.90. The van der Waals surface area contributed by atoms with E-state index in [1.165, 1.54) is 5.56 Å². The zero-order valence-electron chi connectivity index (χ0n) is 7.81. The van der Waals surface area contributed by atoms with Crippen LogP contribution in [-0.4, -0.2) is 5.16 Å². The minimum Gasteiger partial charge on any atom is -0.360 e. The molecule has 1 N–H and O–H groups in total. The van der Waals surface area contributed by atoms with Crippen molar-refractivity contribution in [3.8, 4) is 0 Å². The van der Waals surface area contributed by atoms with Gasteiger partial charge in [0, 0.05) is 12.6 Å². The summed E-state index contributed by atoms with van der Waals surface area (Å²) in [5.41, 5.74) is 1.27. The van der Waals surface area contributed by atoms with Gasteiger partial charge >= 0.3 is 0 Å². The van der Waals surface area contributed by atoms with E-state index in [0.29, 0.717) is 0 Å². The number of hydrogen-bond donors (Lipinski definition) is 1. The predicted molar refractivity (Wildman–Crippen MR) is 53.5 cm³/mol. The second-order valence-electron chi connectivity index (χ2n) is 3.07. The van der Waals surface area contributed by atoms with Crippen molar-refractivity contribution in [3.63, 3.8) is 0 Å². The van der Waals surface area contributed by atoms with Crippen molar-refractivity contribution in [3.05, 3.63) is 53.9 Å². The Morgan fingerprint density at radius 2 is 1.93 bits per heavy atom. The molecule has 3 heteroatoms. The standard InChI is InChI=1S/C11H12N2O/c1-2-4-10(5-3-1)8-12-9-11-6-7-13-14-11/h1-7,12H,8-9H2. The van der Waals surface area contributed by atoms with Crippen LogP contribution in [0, 0.1) is 0 Å². The van der Waals surface area contributed by atoms with Crippen LogP contribution >= 0.6 is 0 Å². The second-order valence-corrected chi connectivity index (χ2v) is 3.07. The Morgan fingerprint density at radius 1 is 1.07 bits per heavy atom. The highest BCUT2D eigenvalue weighted by Gasteiger charge is 1.95. The van der Waals surface area contributed by atoms with Crippen LogP contribution in [-0.2, 0) is 13.1 Å².